The van der Waals surface area contributed by atoms with Crippen LogP contribution in [0.1, 0.15) is 97.3 Å². The molecular weight excluding hydrogens is 218 g/mol. The SMILES string of the molecule is CCCCCCCCCCCCC(C#N)CCC. The van der Waals surface area contributed by atoms with Gasteiger partial charge in [0.2, 0.25) is 0 Å². The summed E-state index contributed by atoms with van der Waals surface area (Å²) in [6.07, 6.45) is 17.2. The topological polar surface area (TPSA) is 23.8 Å². The molecule has 0 spiro atoms. The number of rotatable bonds is 13. The maximum absolute atomic E-state index is 8.95. The Morgan fingerprint density at radius 3 is 1.61 bits per heavy atom. The van der Waals surface area contributed by atoms with Gasteiger partial charge in [-0.25, -0.2) is 0 Å². The second-order valence-electron chi connectivity index (χ2n) is 5.59. The Morgan fingerprint density at radius 1 is 0.667 bits per heavy atom. The van der Waals surface area contributed by atoms with Gasteiger partial charge in [0.1, 0.15) is 0 Å². The molecule has 0 saturated carbocycles. The van der Waals surface area contributed by atoms with Gasteiger partial charge in [0, 0.05) is 5.92 Å². The molecule has 1 heteroatoms. The van der Waals surface area contributed by atoms with E-state index in [9.17, 15) is 0 Å². The van der Waals surface area contributed by atoms with Gasteiger partial charge >= 0.3 is 0 Å². The van der Waals surface area contributed by atoms with E-state index in [2.05, 4.69) is 19.9 Å². The highest BCUT2D eigenvalue weighted by Gasteiger charge is 2.04. The molecule has 0 rings (SSSR count). The van der Waals surface area contributed by atoms with Crippen LogP contribution in [0.2, 0.25) is 0 Å². The summed E-state index contributed by atoms with van der Waals surface area (Å²) in [5.41, 5.74) is 0. The second-order valence-corrected chi connectivity index (χ2v) is 5.59. The van der Waals surface area contributed by atoms with Gasteiger partial charge in [0.05, 0.1) is 6.07 Å². The first-order chi connectivity index (χ1) is 8.85. The fraction of sp³-hybridized carbons (Fsp3) is 0.941. The number of unbranched alkanes of at least 4 members (excludes halogenated alkanes) is 9. The van der Waals surface area contributed by atoms with Crippen LogP contribution in [0.3, 0.4) is 0 Å². The minimum atomic E-state index is 0.323. The molecule has 1 atom stereocenters. The quantitative estimate of drug-likeness (QED) is 0.355. The Morgan fingerprint density at radius 2 is 1.17 bits per heavy atom. The molecule has 0 aromatic rings. The minimum absolute atomic E-state index is 0.323. The van der Waals surface area contributed by atoms with Gasteiger partial charge in [0.15, 0.2) is 0 Å². The second kappa shape index (κ2) is 14.6. The van der Waals surface area contributed by atoms with Crippen molar-refractivity contribution in [2.45, 2.75) is 97.3 Å². The summed E-state index contributed by atoms with van der Waals surface area (Å²) in [4.78, 5) is 0. The Labute approximate surface area is 115 Å². The lowest BCUT2D eigenvalue weighted by atomic mass is 9.97. The van der Waals surface area contributed by atoms with Gasteiger partial charge in [-0.1, -0.05) is 84.5 Å². The van der Waals surface area contributed by atoms with Crippen LogP contribution >= 0.6 is 0 Å². The fourth-order valence-electron chi connectivity index (χ4n) is 2.50. The molecule has 0 radical (unpaired) electrons. The summed E-state index contributed by atoms with van der Waals surface area (Å²) in [5.74, 6) is 0.323. The summed E-state index contributed by atoms with van der Waals surface area (Å²) < 4.78 is 0. The number of hydrogen-bond acceptors (Lipinski definition) is 1. The first kappa shape index (κ1) is 17.5. The van der Waals surface area contributed by atoms with E-state index < -0.39 is 0 Å². The third kappa shape index (κ3) is 12.0. The Hall–Kier alpha value is -0.510. The van der Waals surface area contributed by atoms with Crippen molar-refractivity contribution < 1.29 is 0 Å². The van der Waals surface area contributed by atoms with E-state index in [4.69, 9.17) is 5.26 Å². The van der Waals surface area contributed by atoms with Crippen LogP contribution in [-0.4, -0.2) is 0 Å². The number of nitrogens with zero attached hydrogens (tertiary/aromatic N) is 1. The van der Waals surface area contributed by atoms with E-state index in [1.165, 1.54) is 64.2 Å². The number of nitriles is 1. The van der Waals surface area contributed by atoms with Crippen LogP contribution in [0.5, 0.6) is 0 Å². The molecule has 0 aromatic carbocycles. The third-order valence-corrected chi connectivity index (χ3v) is 3.73. The summed E-state index contributed by atoms with van der Waals surface area (Å²) in [7, 11) is 0. The van der Waals surface area contributed by atoms with E-state index in [1.807, 2.05) is 0 Å². The van der Waals surface area contributed by atoms with E-state index in [0.29, 0.717) is 5.92 Å². The van der Waals surface area contributed by atoms with Crippen molar-refractivity contribution in [3.63, 3.8) is 0 Å². The highest BCUT2D eigenvalue weighted by molar-refractivity contribution is 4.81. The largest absolute Gasteiger partial charge is 0.198 e. The molecule has 0 aromatic heterocycles. The van der Waals surface area contributed by atoms with Crippen LogP contribution in [0.15, 0.2) is 0 Å². The first-order valence-corrected chi connectivity index (χ1v) is 8.24. The van der Waals surface area contributed by atoms with E-state index in [-0.39, 0.29) is 0 Å². The van der Waals surface area contributed by atoms with E-state index in [0.717, 1.165) is 19.3 Å². The monoisotopic (exact) mass is 251 g/mol. The van der Waals surface area contributed by atoms with Crippen molar-refractivity contribution in [3.05, 3.63) is 0 Å². The van der Waals surface area contributed by atoms with Crippen molar-refractivity contribution in [1.82, 2.24) is 0 Å². The van der Waals surface area contributed by atoms with Crippen LogP contribution in [-0.2, 0) is 0 Å². The molecule has 18 heavy (non-hydrogen) atoms. The van der Waals surface area contributed by atoms with Gasteiger partial charge in [-0.3, -0.25) is 0 Å². The molecule has 0 heterocycles. The van der Waals surface area contributed by atoms with Gasteiger partial charge in [-0.05, 0) is 12.8 Å². The number of hydrogen-bond donors (Lipinski definition) is 0. The van der Waals surface area contributed by atoms with Gasteiger partial charge in [-0.15, -0.1) is 0 Å². The molecule has 0 amide bonds. The fourth-order valence-corrected chi connectivity index (χ4v) is 2.50. The van der Waals surface area contributed by atoms with Crippen LogP contribution < -0.4 is 0 Å². The molecule has 0 N–H and O–H groups in total. The maximum Gasteiger partial charge on any atom is 0.0655 e. The third-order valence-electron chi connectivity index (χ3n) is 3.73. The van der Waals surface area contributed by atoms with E-state index in [1.54, 1.807) is 0 Å². The predicted octanol–water partition coefficient (Wildman–Crippen LogP) is 6.24. The average molecular weight is 251 g/mol. The zero-order valence-electron chi connectivity index (χ0n) is 12.7. The average Bonchev–Trinajstić information content (AvgIpc) is 2.39. The summed E-state index contributed by atoms with van der Waals surface area (Å²) in [6, 6.07) is 2.43. The van der Waals surface area contributed by atoms with Crippen LogP contribution in [0, 0.1) is 17.2 Å². The van der Waals surface area contributed by atoms with Crippen molar-refractivity contribution in [1.29, 1.82) is 5.26 Å². The molecule has 0 saturated heterocycles. The summed E-state index contributed by atoms with van der Waals surface area (Å²) >= 11 is 0. The molecule has 0 aliphatic carbocycles. The molecular formula is C17H33N. The molecule has 0 aliphatic rings. The Balaban J connectivity index is 3.13. The van der Waals surface area contributed by atoms with Crippen molar-refractivity contribution in [3.8, 4) is 6.07 Å². The van der Waals surface area contributed by atoms with Crippen LogP contribution in [0.25, 0.3) is 0 Å². The smallest absolute Gasteiger partial charge is 0.0655 e. The zero-order chi connectivity index (χ0) is 13.5. The van der Waals surface area contributed by atoms with E-state index >= 15 is 0 Å². The lowest BCUT2D eigenvalue weighted by Gasteiger charge is -2.06. The van der Waals surface area contributed by atoms with Gasteiger partial charge in [0.25, 0.3) is 0 Å². The lowest BCUT2D eigenvalue weighted by Crippen LogP contribution is -1.96. The lowest BCUT2D eigenvalue weighted by molar-refractivity contribution is 0.492. The van der Waals surface area contributed by atoms with Gasteiger partial charge < -0.3 is 0 Å². The normalized spacial score (nSPS) is 12.3. The maximum atomic E-state index is 8.95. The Bertz CT molecular complexity index is 192. The highest BCUT2D eigenvalue weighted by Crippen LogP contribution is 2.16. The van der Waals surface area contributed by atoms with Crippen molar-refractivity contribution in [2.75, 3.05) is 0 Å². The Kier molecular flexibility index (Phi) is 14.1. The predicted molar refractivity (Wildman–Crippen MR) is 80.5 cm³/mol. The highest BCUT2D eigenvalue weighted by atomic mass is 14.3. The molecule has 0 aliphatic heterocycles. The van der Waals surface area contributed by atoms with Crippen molar-refractivity contribution in [2.24, 2.45) is 5.92 Å². The van der Waals surface area contributed by atoms with Crippen molar-refractivity contribution >= 4 is 0 Å². The molecule has 0 fully saturated rings. The molecule has 0 bridgehead atoms. The summed E-state index contributed by atoms with van der Waals surface area (Å²) in [6.45, 7) is 4.44. The van der Waals surface area contributed by atoms with Crippen LogP contribution in [0.4, 0.5) is 0 Å². The molecule has 1 nitrogen and oxygen atoms in total. The standard InChI is InChI=1S/C17H33N/c1-3-5-6-7-8-9-10-11-12-13-15-17(16-18)14-4-2/h17H,3-15H2,1-2H3. The first-order valence-electron chi connectivity index (χ1n) is 8.24. The molecule has 1 unspecified atom stereocenters. The minimum Gasteiger partial charge on any atom is -0.198 e. The summed E-state index contributed by atoms with van der Waals surface area (Å²) in [5, 5.41) is 8.95. The molecule has 106 valence electrons. The van der Waals surface area contributed by atoms with Gasteiger partial charge in [-0.2, -0.15) is 5.26 Å². The zero-order valence-corrected chi connectivity index (χ0v) is 12.7.